The van der Waals surface area contributed by atoms with Gasteiger partial charge in [0.25, 0.3) is 0 Å². The molecule has 21 heavy (non-hydrogen) atoms. The van der Waals surface area contributed by atoms with Gasteiger partial charge in [-0.25, -0.2) is 0 Å². The van der Waals surface area contributed by atoms with Gasteiger partial charge in [0.05, 0.1) is 6.61 Å². The molecule has 0 heterocycles. The second kappa shape index (κ2) is 7.10. The van der Waals surface area contributed by atoms with E-state index in [4.69, 9.17) is 4.74 Å². The normalized spacial score (nSPS) is 29.2. The predicted octanol–water partition coefficient (Wildman–Crippen LogP) is 2.57. The zero-order chi connectivity index (χ0) is 15.5. The molecule has 0 amide bonds. The van der Waals surface area contributed by atoms with Crippen LogP contribution in [0.1, 0.15) is 59.3 Å². The van der Waals surface area contributed by atoms with Crippen molar-refractivity contribution >= 4 is 5.97 Å². The monoisotopic (exact) mass is 296 g/mol. The summed E-state index contributed by atoms with van der Waals surface area (Å²) in [7, 11) is 2.17. The molecule has 0 aliphatic heterocycles. The first-order valence-electron chi connectivity index (χ1n) is 8.61. The van der Waals surface area contributed by atoms with Crippen LogP contribution < -0.4 is 5.32 Å². The second-order valence-corrected chi connectivity index (χ2v) is 7.22. The van der Waals surface area contributed by atoms with E-state index in [2.05, 4.69) is 24.2 Å². The van der Waals surface area contributed by atoms with E-state index >= 15 is 0 Å². The largest absolute Gasteiger partial charge is 0.465 e. The van der Waals surface area contributed by atoms with E-state index < -0.39 is 5.54 Å². The van der Waals surface area contributed by atoms with Gasteiger partial charge in [0.1, 0.15) is 5.54 Å². The molecule has 0 bridgehead atoms. The molecule has 0 aromatic carbocycles. The summed E-state index contributed by atoms with van der Waals surface area (Å²) in [5, 5.41) is 3.52. The number of rotatable bonds is 7. The van der Waals surface area contributed by atoms with Crippen molar-refractivity contribution in [1.29, 1.82) is 0 Å². The topological polar surface area (TPSA) is 41.6 Å². The van der Waals surface area contributed by atoms with E-state index in [1.165, 1.54) is 38.5 Å². The number of nitrogens with zero attached hydrogens (tertiary/aromatic N) is 1. The van der Waals surface area contributed by atoms with E-state index in [0.29, 0.717) is 18.7 Å². The third kappa shape index (κ3) is 4.43. The van der Waals surface area contributed by atoms with Crippen LogP contribution >= 0.6 is 0 Å². The lowest BCUT2D eigenvalue weighted by atomic mass is 9.84. The summed E-state index contributed by atoms with van der Waals surface area (Å²) in [4.78, 5) is 14.8. The smallest absolute Gasteiger partial charge is 0.327 e. The van der Waals surface area contributed by atoms with Gasteiger partial charge in [-0.15, -0.1) is 0 Å². The molecular formula is C17H32N2O2. The van der Waals surface area contributed by atoms with Crippen LogP contribution in [0.3, 0.4) is 0 Å². The molecule has 4 heteroatoms. The number of nitrogens with one attached hydrogen (secondary N) is 1. The summed E-state index contributed by atoms with van der Waals surface area (Å²) in [5.41, 5.74) is -0.580. The Morgan fingerprint density at radius 1 is 1.29 bits per heavy atom. The maximum atomic E-state index is 12.4. The molecular weight excluding hydrogens is 264 g/mol. The zero-order valence-corrected chi connectivity index (χ0v) is 14.2. The van der Waals surface area contributed by atoms with E-state index in [-0.39, 0.29) is 5.97 Å². The van der Waals surface area contributed by atoms with Crippen LogP contribution in [0.2, 0.25) is 0 Å². The van der Waals surface area contributed by atoms with Gasteiger partial charge in [-0.3, -0.25) is 10.1 Å². The standard InChI is InChI=1S/C17H32N2O2/c1-5-21-16(20)17(3,18-14-10-11-14)12-19(4)15-9-7-6-8-13(15)2/h13-15,18H,5-12H2,1-4H3. The van der Waals surface area contributed by atoms with Gasteiger partial charge in [0, 0.05) is 18.6 Å². The van der Waals surface area contributed by atoms with Crippen molar-refractivity contribution in [3.8, 4) is 0 Å². The lowest BCUT2D eigenvalue weighted by Gasteiger charge is -2.40. The highest BCUT2D eigenvalue weighted by atomic mass is 16.5. The molecule has 0 aromatic rings. The van der Waals surface area contributed by atoms with Gasteiger partial charge in [0.2, 0.25) is 0 Å². The molecule has 2 aliphatic carbocycles. The van der Waals surface area contributed by atoms with Crippen molar-refractivity contribution in [2.75, 3.05) is 20.2 Å². The van der Waals surface area contributed by atoms with Crippen molar-refractivity contribution < 1.29 is 9.53 Å². The first-order chi connectivity index (χ1) is 9.96. The van der Waals surface area contributed by atoms with Crippen molar-refractivity contribution in [2.24, 2.45) is 5.92 Å². The summed E-state index contributed by atoms with van der Waals surface area (Å²) >= 11 is 0. The van der Waals surface area contributed by atoms with Crippen molar-refractivity contribution in [1.82, 2.24) is 10.2 Å². The zero-order valence-electron chi connectivity index (χ0n) is 14.2. The van der Waals surface area contributed by atoms with E-state index in [9.17, 15) is 4.79 Å². The molecule has 0 radical (unpaired) electrons. The van der Waals surface area contributed by atoms with Gasteiger partial charge in [0.15, 0.2) is 0 Å². The average Bonchev–Trinajstić information content (AvgIpc) is 3.23. The maximum absolute atomic E-state index is 12.4. The van der Waals surface area contributed by atoms with Crippen LogP contribution in [0.25, 0.3) is 0 Å². The van der Waals surface area contributed by atoms with Crippen molar-refractivity contribution in [3.63, 3.8) is 0 Å². The maximum Gasteiger partial charge on any atom is 0.327 e. The van der Waals surface area contributed by atoms with Crippen LogP contribution in [-0.2, 0) is 9.53 Å². The SMILES string of the molecule is CCOC(=O)C(C)(CN(C)C1CCCCC1C)NC1CC1. The molecule has 0 aromatic heterocycles. The van der Waals surface area contributed by atoms with Crippen LogP contribution in [-0.4, -0.2) is 48.7 Å². The highest BCUT2D eigenvalue weighted by molar-refractivity contribution is 5.80. The number of ether oxygens (including phenoxy) is 1. The molecule has 2 fully saturated rings. The molecule has 3 atom stereocenters. The lowest BCUT2D eigenvalue weighted by Crippen LogP contribution is -2.59. The highest BCUT2D eigenvalue weighted by Crippen LogP contribution is 2.29. The number of esters is 1. The third-order valence-corrected chi connectivity index (χ3v) is 5.02. The molecule has 4 nitrogen and oxygen atoms in total. The molecule has 1 N–H and O–H groups in total. The summed E-state index contributed by atoms with van der Waals surface area (Å²) < 4.78 is 5.32. The summed E-state index contributed by atoms with van der Waals surface area (Å²) in [6.07, 6.45) is 7.57. The number of carbonyl (C=O) groups is 1. The number of carbonyl (C=O) groups excluding carboxylic acids is 1. The van der Waals surface area contributed by atoms with Gasteiger partial charge < -0.3 is 9.64 Å². The fourth-order valence-corrected chi connectivity index (χ4v) is 3.71. The minimum absolute atomic E-state index is 0.104. The Labute approximate surface area is 129 Å². The first-order valence-corrected chi connectivity index (χ1v) is 8.61. The van der Waals surface area contributed by atoms with Gasteiger partial charge in [-0.1, -0.05) is 19.8 Å². The van der Waals surface area contributed by atoms with Gasteiger partial charge >= 0.3 is 5.97 Å². The van der Waals surface area contributed by atoms with Gasteiger partial charge in [-0.2, -0.15) is 0 Å². The Kier molecular flexibility index (Phi) is 5.67. The molecule has 2 aliphatic rings. The molecule has 2 rings (SSSR count). The minimum atomic E-state index is -0.580. The number of hydrogen-bond donors (Lipinski definition) is 1. The Balaban J connectivity index is 2.00. The summed E-state index contributed by atoms with van der Waals surface area (Å²) in [6, 6.07) is 1.09. The number of hydrogen-bond acceptors (Lipinski definition) is 4. The Bertz CT molecular complexity index is 357. The Hall–Kier alpha value is -0.610. The van der Waals surface area contributed by atoms with Crippen LogP contribution in [0.4, 0.5) is 0 Å². The van der Waals surface area contributed by atoms with Gasteiger partial charge in [-0.05, 0) is 52.5 Å². The lowest BCUT2D eigenvalue weighted by molar-refractivity contribution is -0.151. The molecule has 0 saturated heterocycles. The molecule has 3 unspecified atom stereocenters. The summed E-state index contributed by atoms with van der Waals surface area (Å²) in [5.74, 6) is 0.614. The van der Waals surface area contributed by atoms with E-state index in [1.807, 2.05) is 13.8 Å². The van der Waals surface area contributed by atoms with E-state index in [1.54, 1.807) is 0 Å². The fraction of sp³-hybridized carbons (Fsp3) is 0.941. The third-order valence-electron chi connectivity index (χ3n) is 5.02. The number of likely N-dealkylation sites (N-methyl/N-ethyl adjacent to an activating group) is 1. The second-order valence-electron chi connectivity index (χ2n) is 7.22. The molecule has 0 spiro atoms. The molecule has 2 saturated carbocycles. The fourth-order valence-electron chi connectivity index (χ4n) is 3.71. The van der Waals surface area contributed by atoms with Crippen LogP contribution in [0.5, 0.6) is 0 Å². The quantitative estimate of drug-likeness (QED) is 0.733. The predicted molar refractivity (Wildman–Crippen MR) is 85.2 cm³/mol. The average molecular weight is 296 g/mol. The van der Waals surface area contributed by atoms with Crippen molar-refractivity contribution in [2.45, 2.75) is 76.9 Å². The first kappa shape index (κ1) is 16.8. The summed E-state index contributed by atoms with van der Waals surface area (Å²) in [6.45, 7) is 7.41. The van der Waals surface area contributed by atoms with E-state index in [0.717, 1.165) is 12.5 Å². The van der Waals surface area contributed by atoms with Crippen LogP contribution in [0, 0.1) is 5.92 Å². The van der Waals surface area contributed by atoms with Crippen molar-refractivity contribution in [3.05, 3.63) is 0 Å². The Morgan fingerprint density at radius 2 is 1.95 bits per heavy atom. The van der Waals surface area contributed by atoms with Crippen LogP contribution in [0.15, 0.2) is 0 Å². The minimum Gasteiger partial charge on any atom is -0.465 e. The Morgan fingerprint density at radius 3 is 2.52 bits per heavy atom. The molecule has 122 valence electrons. The highest BCUT2D eigenvalue weighted by Gasteiger charge is 2.42.